The molecule has 1 aromatic carbocycles. The first-order valence-corrected chi connectivity index (χ1v) is 6.71. The maximum atomic E-state index is 12.0. The third-order valence-electron chi connectivity index (χ3n) is 3.81. The topological polar surface area (TPSA) is 53.0 Å². The maximum Gasteiger partial charge on any atom is 0.418 e. The average Bonchev–Trinajstić information content (AvgIpc) is 2.78. The Morgan fingerprint density at radius 3 is 2.47 bits per heavy atom. The van der Waals surface area contributed by atoms with E-state index in [0.717, 1.165) is 25.9 Å². The molecule has 3 rings (SSSR count). The molecule has 19 heavy (non-hydrogen) atoms. The van der Waals surface area contributed by atoms with Crippen LogP contribution in [0.2, 0.25) is 0 Å². The third kappa shape index (κ3) is 2.09. The summed E-state index contributed by atoms with van der Waals surface area (Å²) < 4.78 is 5.08. The zero-order valence-corrected chi connectivity index (χ0v) is 10.8. The average molecular weight is 262 g/mol. The molecule has 5 nitrogen and oxygen atoms in total. The summed E-state index contributed by atoms with van der Waals surface area (Å²) in [4.78, 5) is 15.2. The molecule has 2 aliphatic heterocycles. The second-order valence-electron chi connectivity index (χ2n) is 5.05. The van der Waals surface area contributed by atoms with Gasteiger partial charge in [-0.25, -0.2) is 9.69 Å². The molecular formula is C14H18N2O3. The van der Waals surface area contributed by atoms with Crippen molar-refractivity contribution in [3.8, 4) is 0 Å². The molecule has 1 atom stereocenters. The Kier molecular flexibility index (Phi) is 3.16. The Morgan fingerprint density at radius 1 is 1.11 bits per heavy atom. The minimum Gasteiger partial charge on any atom is -0.442 e. The Bertz CT molecular complexity index is 459. The Balaban J connectivity index is 1.93. The number of anilines is 1. The minimum absolute atomic E-state index is 0.000722. The first-order valence-electron chi connectivity index (χ1n) is 6.71. The van der Waals surface area contributed by atoms with Crippen molar-refractivity contribution in [2.75, 3.05) is 24.6 Å². The van der Waals surface area contributed by atoms with Gasteiger partial charge in [-0.1, -0.05) is 24.6 Å². The third-order valence-corrected chi connectivity index (χ3v) is 3.81. The lowest BCUT2D eigenvalue weighted by molar-refractivity contribution is -0.114. The number of para-hydroxylation sites is 1. The lowest BCUT2D eigenvalue weighted by Gasteiger charge is -2.41. The highest BCUT2D eigenvalue weighted by molar-refractivity contribution is 5.90. The molecule has 0 aliphatic carbocycles. The molecule has 2 aliphatic rings. The molecule has 0 radical (unpaired) electrons. The second-order valence-corrected chi connectivity index (χ2v) is 5.05. The van der Waals surface area contributed by atoms with Gasteiger partial charge in [-0.3, -0.25) is 4.90 Å². The summed E-state index contributed by atoms with van der Waals surface area (Å²) >= 11 is 0. The van der Waals surface area contributed by atoms with Crippen molar-refractivity contribution in [1.82, 2.24) is 4.90 Å². The highest BCUT2D eigenvalue weighted by atomic mass is 16.6. The molecular weight excluding hydrogens is 244 g/mol. The molecule has 1 amide bonds. The van der Waals surface area contributed by atoms with Crippen LogP contribution in [-0.2, 0) is 4.74 Å². The van der Waals surface area contributed by atoms with Gasteiger partial charge in [0, 0.05) is 13.1 Å². The predicted molar refractivity (Wildman–Crippen MR) is 70.6 cm³/mol. The van der Waals surface area contributed by atoms with Gasteiger partial charge in [0.05, 0.1) is 5.69 Å². The number of carbonyl (C=O) groups is 1. The first-order chi connectivity index (χ1) is 9.22. The van der Waals surface area contributed by atoms with Crippen molar-refractivity contribution in [3.63, 3.8) is 0 Å². The molecule has 2 heterocycles. The van der Waals surface area contributed by atoms with Crippen LogP contribution in [0.1, 0.15) is 19.3 Å². The molecule has 102 valence electrons. The summed E-state index contributed by atoms with van der Waals surface area (Å²) in [6.07, 6.45) is 2.77. The summed E-state index contributed by atoms with van der Waals surface area (Å²) in [6.45, 7) is 1.58. The molecule has 5 heteroatoms. The largest absolute Gasteiger partial charge is 0.442 e. The van der Waals surface area contributed by atoms with Crippen LogP contribution in [0.25, 0.3) is 0 Å². The summed E-state index contributed by atoms with van der Waals surface area (Å²) in [5.41, 5.74) is 0.665. The Labute approximate surface area is 112 Å². The van der Waals surface area contributed by atoms with E-state index in [1.165, 1.54) is 11.3 Å². The van der Waals surface area contributed by atoms with Crippen molar-refractivity contribution < 1.29 is 14.6 Å². The number of rotatable bonds is 2. The number of piperidine rings is 1. The van der Waals surface area contributed by atoms with Gasteiger partial charge in [-0.05, 0) is 25.0 Å². The van der Waals surface area contributed by atoms with E-state index in [9.17, 15) is 9.90 Å². The zero-order chi connectivity index (χ0) is 13.3. The van der Waals surface area contributed by atoms with Crippen LogP contribution in [-0.4, -0.2) is 41.6 Å². The van der Waals surface area contributed by atoms with Gasteiger partial charge in [0.15, 0.2) is 6.61 Å². The van der Waals surface area contributed by atoms with E-state index in [4.69, 9.17) is 4.74 Å². The fourth-order valence-corrected chi connectivity index (χ4v) is 2.81. The number of benzene rings is 1. The Hall–Kier alpha value is -1.59. The predicted octanol–water partition coefficient (Wildman–Crippen LogP) is 1.78. The molecule has 2 fully saturated rings. The number of likely N-dealkylation sites (tertiary alicyclic amines) is 1. The van der Waals surface area contributed by atoms with Gasteiger partial charge < -0.3 is 9.84 Å². The summed E-state index contributed by atoms with van der Waals surface area (Å²) in [5, 5.41) is 10.9. The van der Waals surface area contributed by atoms with Crippen LogP contribution in [0.4, 0.5) is 10.5 Å². The standard InChI is InChI=1S/C14H18N2O3/c17-13-16(12-7-3-1-4-8-12)14(18,11-19-13)15-9-5-2-6-10-15/h1,3-4,7-8,18H,2,5-6,9-11H2. The number of nitrogens with zero attached hydrogens (tertiary/aromatic N) is 2. The van der Waals surface area contributed by atoms with Gasteiger partial charge >= 0.3 is 6.09 Å². The number of ether oxygens (including phenoxy) is 1. The molecule has 1 aromatic rings. The minimum atomic E-state index is -1.35. The van der Waals surface area contributed by atoms with Gasteiger partial charge in [0.2, 0.25) is 5.85 Å². The van der Waals surface area contributed by atoms with Crippen LogP contribution < -0.4 is 4.90 Å². The van der Waals surface area contributed by atoms with Gasteiger partial charge in [0.1, 0.15) is 0 Å². The fourth-order valence-electron chi connectivity index (χ4n) is 2.81. The van der Waals surface area contributed by atoms with Gasteiger partial charge in [-0.2, -0.15) is 0 Å². The van der Waals surface area contributed by atoms with E-state index < -0.39 is 11.9 Å². The number of hydrogen-bond donors (Lipinski definition) is 1. The smallest absolute Gasteiger partial charge is 0.418 e. The Morgan fingerprint density at radius 2 is 1.79 bits per heavy atom. The zero-order valence-electron chi connectivity index (χ0n) is 10.8. The number of carbonyl (C=O) groups excluding carboxylic acids is 1. The number of aliphatic hydroxyl groups is 1. The highest BCUT2D eigenvalue weighted by Gasteiger charge is 2.51. The van der Waals surface area contributed by atoms with Crippen LogP contribution in [0.15, 0.2) is 30.3 Å². The second kappa shape index (κ2) is 4.83. The van der Waals surface area contributed by atoms with Gasteiger partial charge in [0.25, 0.3) is 0 Å². The SMILES string of the molecule is O=C1OCC(O)(N2CCCCC2)N1c1ccccc1. The van der Waals surface area contributed by atoms with Crippen LogP contribution >= 0.6 is 0 Å². The van der Waals surface area contributed by atoms with E-state index in [2.05, 4.69) is 0 Å². The van der Waals surface area contributed by atoms with E-state index in [0.29, 0.717) is 5.69 Å². The lowest BCUT2D eigenvalue weighted by Crippen LogP contribution is -2.61. The number of hydrogen-bond acceptors (Lipinski definition) is 4. The molecule has 0 aromatic heterocycles. The molecule has 0 spiro atoms. The summed E-state index contributed by atoms with van der Waals surface area (Å²) in [6, 6.07) is 9.18. The summed E-state index contributed by atoms with van der Waals surface area (Å²) in [5.74, 6) is -1.35. The molecule has 1 unspecified atom stereocenters. The van der Waals surface area contributed by atoms with Crippen molar-refractivity contribution in [2.45, 2.75) is 25.1 Å². The van der Waals surface area contributed by atoms with Crippen LogP contribution in [0, 0.1) is 0 Å². The normalized spacial score (nSPS) is 28.5. The van der Waals surface area contributed by atoms with Crippen molar-refractivity contribution in [3.05, 3.63) is 30.3 Å². The van der Waals surface area contributed by atoms with Crippen LogP contribution in [0.3, 0.4) is 0 Å². The molecule has 0 bridgehead atoms. The number of cyclic esters (lactones) is 1. The van der Waals surface area contributed by atoms with E-state index in [-0.39, 0.29) is 6.61 Å². The highest BCUT2D eigenvalue weighted by Crippen LogP contribution is 2.33. The van der Waals surface area contributed by atoms with Crippen molar-refractivity contribution in [2.24, 2.45) is 0 Å². The molecule has 0 saturated carbocycles. The molecule has 2 saturated heterocycles. The quantitative estimate of drug-likeness (QED) is 0.882. The van der Waals surface area contributed by atoms with Gasteiger partial charge in [-0.15, -0.1) is 0 Å². The van der Waals surface area contributed by atoms with Crippen molar-refractivity contribution in [1.29, 1.82) is 0 Å². The van der Waals surface area contributed by atoms with E-state index >= 15 is 0 Å². The summed E-state index contributed by atoms with van der Waals surface area (Å²) in [7, 11) is 0. The molecule has 1 N–H and O–H groups in total. The first kappa shape index (κ1) is 12.4. The maximum absolute atomic E-state index is 12.0. The fraction of sp³-hybridized carbons (Fsp3) is 0.500. The van der Waals surface area contributed by atoms with Crippen molar-refractivity contribution >= 4 is 11.8 Å². The van der Waals surface area contributed by atoms with Crippen LogP contribution in [0.5, 0.6) is 0 Å². The lowest BCUT2D eigenvalue weighted by atomic mass is 10.1. The monoisotopic (exact) mass is 262 g/mol. The van der Waals surface area contributed by atoms with E-state index in [1.807, 2.05) is 35.2 Å². The number of amides is 1. The van der Waals surface area contributed by atoms with E-state index in [1.54, 1.807) is 0 Å².